The molecule has 1 aromatic carbocycles. The van der Waals surface area contributed by atoms with E-state index in [0.29, 0.717) is 12.1 Å². The molecule has 2 rings (SSSR count). The summed E-state index contributed by atoms with van der Waals surface area (Å²) in [6.45, 7) is 1.42. The zero-order valence-corrected chi connectivity index (χ0v) is 14.1. The Morgan fingerprint density at radius 1 is 1.32 bits per heavy atom. The third kappa shape index (κ3) is 4.48. The van der Waals surface area contributed by atoms with Crippen molar-refractivity contribution in [1.29, 1.82) is 5.26 Å². The molecule has 22 heavy (non-hydrogen) atoms. The maximum Gasteiger partial charge on any atom is 0.193 e. The highest BCUT2D eigenvalue weighted by Gasteiger charge is 2.08. The van der Waals surface area contributed by atoms with Crippen LogP contribution in [0.15, 0.2) is 41.4 Å². The van der Waals surface area contributed by atoms with E-state index in [9.17, 15) is 0 Å². The van der Waals surface area contributed by atoms with Gasteiger partial charge in [-0.2, -0.15) is 5.26 Å². The summed E-state index contributed by atoms with van der Waals surface area (Å²) in [5.74, 6) is 0.814. The Morgan fingerprint density at radius 3 is 2.59 bits per heavy atom. The second kappa shape index (κ2) is 7.83. The molecule has 0 amide bonds. The monoisotopic (exact) mass is 332 g/mol. The third-order valence-electron chi connectivity index (χ3n) is 3.13. The zero-order chi connectivity index (χ0) is 15.9. The van der Waals surface area contributed by atoms with E-state index in [1.54, 1.807) is 18.4 Å². The number of rotatable bonds is 4. The van der Waals surface area contributed by atoms with E-state index in [1.807, 2.05) is 48.3 Å². The van der Waals surface area contributed by atoms with Crippen molar-refractivity contribution in [2.45, 2.75) is 13.1 Å². The zero-order valence-electron chi connectivity index (χ0n) is 12.5. The number of nitriles is 1. The first-order valence-electron chi connectivity index (χ1n) is 6.77. The van der Waals surface area contributed by atoms with E-state index in [4.69, 9.17) is 16.9 Å². The molecular formula is C16H17ClN4S. The van der Waals surface area contributed by atoms with Crippen LogP contribution in [0.2, 0.25) is 4.34 Å². The molecule has 1 aromatic heterocycles. The minimum atomic E-state index is 0.661. The summed E-state index contributed by atoms with van der Waals surface area (Å²) in [5.41, 5.74) is 1.77. The molecule has 0 bridgehead atoms. The fourth-order valence-corrected chi connectivity index (χ4v) is 3.15. The molecule has 0 aliphatic rings. The molecule has 0 saturated carbocycles. The SMILES string of the molecule is CN=C(NCc1ccc(C#N)cc1)N(C)Cc1ccc(Cl)s1. The van der Waals surface area contributed by atoms with E-state index in [-0.39, 0.29) is 0 Å². The number of benzene rings is 1. The van der Waals surface area contributed by atoms with Crippen LogP contribution in [0.4, 0.5) is 0 Å². The summed E-state index contributed by atoms with van der Waals surface area (Å²) in [4.78, 5) is 7.53. The van der Waals surface area contributed by atoms with Crippen molar-refractivity contribution < 1.29 is 0 Å². The van der Waals surface area contributed by atoms with Crippen LogP contribution in [0.1, 0.15) is 16.0 Å². The molecule has 0 radical (unpaired) electrons. The Balaban J connectivity index is 1.92. The highest BCUT2D eigenvalue weighted by Crippen LogP contribution is 2.22. The van der Waals surface area contributed by atoms with E-state index < -0.39 is 0 Å². The highest BCUT2D eigenvalue weighted by atomic mass is 35.5. The van der Waals surface area contributed by atoms with Gasteiger partial charge in [-0.05, 0) is 29.8 Å². The van der Waals surface area contributed by atoms with Crippen molar-refractivity contribution in [3.05, 3.63) is 56.7 Å². The van der Waals surface area contributed by atoms with E-state index in [0.717, 1.165) is 22.4 Å². The number of thiophene rings is 1. The molecule has 0 aliphatic carbocycles. The smallest absolute Gasteiger partial charge is 0.193 e. The Morgan fingerprint density at radius 2 is 2.05 bits per heavy atom. The minimum absolute atomic E-state index is 0.661. The lowest BCUT2D eigenvalue weighted by Gasteiger charge is -2.21. The summed E-state index contributed by atoms with van der Waals surface area (Å²) in [5, 5.41) is 12.1. The number of aliphatic imine (C=N–C) groups is 1. The van der Waals surface area contributed by atoms with Gasteiger partial charge in [0, 0.05) is 25.5 Å². The Labute approximate surface area is 139 Å². The third-order valence-corrected chi connectivity index (χ3v) is 4.34. The molecule has 0 fully saturated rings. The predicted octanol–water partition coefficient (Wildman–Crippen LogP) is 3.48. The van der Waals surface area contributed by atoms with Crippen molar-refractivity contribution in [3.63, 3.8) is 0 Å². The van der Waals surface area contributed by atoms with Gasteiger partial charge in [0.15, 0.2) is 5.96 Å². The predicted molar refractivity (Wildman–Crippen MR) is 92.2 cm³/mol. The standard InChI is InChI=1S/C16H17ClN4S/c1-19-16(21(2)11-14-7-8-15(17)22-14)20-10-13-5-3-12(9-18)4-6-13/h3-8H,10-11H2,1-2H3,(H,19,20). The maximum absolute atomic E-state index is 8.80. The van der Waals surface area contributed by atoms with Gasteiger partial charge in [0.25, 0.3) is 0 Å². The summed E-state index contributed by atoms with van der Waals surface area (Å²) < 4.78 is 0.795. The molecule has 0 spiro atoms. The molecule has 4 nitrogen and oxygen atoms in total. The van der Waals surface area contributed by atoms with Gasteiger partial charge in [-0.1, -0.05) is 23.7 Å². The molecule has 1 heterocycles. The lowest BCUT2D eigenvalue weighted by atomic mass is 10.1. The number of hydrogen-bond acceptors (Lipinski definition) is 3. The van der Waals surface area contributed by atoms with Gasteiger partial charge < -0.3 is 10.2 Å². The quantitative estimate of drug-likeness (QED) is 0.689. The van der Waals surface area contributed by atoms with Crippen LogP contribution >= 0.6 is 22.9 Å². The molecule has 0 atom stereocenters. The summed E-state index contributed by atoms with van der Waals surface area (Å²) in [7, 11) is 3.75. The van der Waals surface area contributed by atoms with Crippen molar-refractivity contribution in [3.8, 4) is 6.07 Å². The van der Waals surface area contributed by atoms with Crippen LogP contribution in [-0.2, 0) is 13.1 Å². The van der Waals surface area contributed by atoms with Crippen LogP contribution in [0.3, 0.4) is 0 Å². The van der Waals surface area contributed by atoms with Gasteiger partial charge in [0.2, 0.25) is 0 Å². The largest absolute Gasteiger partial charge is 0.352 e. The Kier molecular flexibility index (Phi) is 5.82. The van der Waals surface area contributed by atoms with Gasteiger partial charge >= 0.3 is 0 Å². The second-order valence-corrected chi connectivity index (χ2v) is 6.57. The van der Waals surface area contributed by atoms with Crippen LogP contribution in [0.5, 0.6) is 0 Å². The van der Waals surface area contributed by atoms with E-state index in [1.165, 1.54) is 4.88 Å². The van der Waals surface area contributed by atoms with Gasteiger partial charge in [-0.25, -0.2) is 0 Å². The number of hydrogen-bond donors (Lipinski definition) is 1. The first-order valence-corrected chi connectivity index (χ1v) is 7.97. The van der Waals surface area contributed by atoms with Gasteiger partial charge in [0.05, 0.1) is 22.5 Å². The molecule has 0 saturated heterocycles. The molecule has 6 heteroatoms. The molecule has 0 unspecified atom stereocenters. The normalized spacial score (nSPS) is 11.1. The van der Waals surface area contributed by atoms with Crippen molar-refractivity contribution in [1.82, 2.24) is 10.2 Å². The summed E-state index contributed by atoms with van der Waals surface area (Å²) in [6, 6.07) is 13.6. The summed E-state index contributed by atoms with van der Waals surface area (Å²) in [6.07, 6.45) is 0. The average molecular weight is 333 g/mol. The molecular weight excluding hydrogens is 316 g/mol. The van der Waals surface area contributed by atoms with E-state index in [2.05, 4.69) is 16.4 Å². The van der Waals surface area contributed by atoms with Gasteiger partial charge in [-0.15, -0.1) is 11.3 Å². The molecule has 2 aromatic rings. The minimum Gasteiger partial charge on any atom is -0.352 e. The Bertz CT molecular complexity index is 685. The van der Waals surface area contributed by atoms with Crippen molar-refractivity contribution >= 4 is 28.9 Å². The van der Waals surface area contributed by atoms with E-state index >= 15 is 0 Å². The lowest BCUT2D eigenvalue weighted by molar-refractivity contribution is 0.481. The molecule has 1 N–H and O–H groups in total. The summed E-state index contributed by atoms with van der Waals surface area (Å²) >= 11 is 7.53. The fourth-order valence-electron chi connectivity index (χ4n) is 2.01. The first kappa shape index (κ1) is 16.3. The molecule has 0 aliphatic heterocycles. The number of nitrogens with one attached hydrogen (secondary N) is 1. The first-order chi connectivity index (χ1) is 10.6. The second-order valence-electron chi connectivity index (χ2n) is 4.77. The average Bonchev–Trinajstić information content (AvgIpc) is 2.93. The number of nitrogens with zero attached hydrogens (tertiary/aromatic N) is 3. The maximum atomic E-state index is 8.80. The fraction of sp³-hybridized carbons (Fsp3) is 0.250. The van der Waals surface area contributed by atoms with Crippen molar-refractivity contribution in [2.24, 2.45) is 4.99 Å². The van der Waals surface area contributed by atoms with Crippen LogP contribution < -0.4 is 5.32 Å². The Hall–Kier alpha value is -2.03. The van der Waals surface area contributed by atoms with Gasteiger partial charge in [-0.3, -0.25) is 4.99 Å². The lowest BCUT2D eigenvalue weighted by Crippen LogP contribution is -2.37. The molecule has 114 valence electrons. The number of guanidine groups is 1. The highest BCUT2D eigenvalue weighted by molar-refractivity contribution is 7.16. The topological polar surface area (TPSA) is 51.4 Å². The van der Waals surface area contributed by atoms with Gasteiger partial charge in [0.1, 0.15) is 0 Å². The van der Waals surface area contributed by atoms with Crippen LogP contribution in [0, 0.1) is 11.3 Å². The van der Waals surface area contributed by atoms with Crippen LogP contribution in [-0.4, -0.2) is 25.0 Å². The van der Waals surface area contributed by atoms with Crippen LogP contribution in [0.25, 0.3) is 0 Å². The van der Waals surface area contributed by atoms with Crippen molar-refractivity contribution in [2.75, 3.05) is 14.1 Å². The number of halogens is 1.